The van der Waals surface area contributed by atoms with Crippen molar-refractivity contribution < 1.29 is 4.74 Å². The molecule has 1 aromatic heterocycles. The molecule has 0 aliphatic carbocycles. The van der Waals surface area contributed by atoms with Gasteiger partial charge < -0.3 is 10.1 Å². The number of nitrogens with one attached hydrogen (secondary N) is 1. The van der Waals surface area contributed by atoms with Gasteiger partial charge in [-0.15, -0.1) is 0 Å². The smallest absolute Gasteiger partial charge is 0.119 e. The molecule has 0 saturated carbocycles. The van der Waals surface area contributed by atoms with Crippen molar-refractivity contribution in [3.63, 3.8) is 0 Å². The molecule has 0 fully saturated rings. The number of fused-ring (bicyclic) bond motifs is 1. The lowest BCUT2D eigenvalue weighted by atomic mass is 10.1. The van der Waals surface area contributed by atoms with Gasteiger partial charge in [-0.3, -0.25) is 4.98 Å². The van der Waals surface area contributed by atoms with Crippen LogP contribution in [0.15, 0.2) is 91.3 Å². The zero-order chi connectivity index (χ0) is 17.6. The maximum atomic E-state index is 5.93. The number of ether oxygens (including phenoxy) is 1. The highest BCUT2D eigenvalue weighted by atomic mass is 16.5. The number of rotatable bonds is 6. The normalized spacial score (nSPS) is 10.6. The van der Waals surface area contributed by atoms with E-state index in [4.69, 9.17) is 4.74 Å². The quantitative estimate of drug-likeness (QED) is 0.508. The van der Waals surface area contributed by atoms with Crippen molar-refractivity contribution in [2.45, 2.75) is 13.2 Å². The summed E-state index contributed by atoms with van der Waals surface area (Å²) in [4.78, 5) is 4.10. The third-order valence-electron chi connectivity index (χ3n) is 4.30. The third-order valence-corrected chi connectivity index (χ3v) is 4.30. The van der Waals surface area contributed by atoms with Gasteiger partial charge in [-0.05, 0) is 52.2 Å². The molecule has 1 heterocycles. The minimum Gasteiger partial charge on any atom is -0.489 e. The minimum absolute atomic E-state index is 0.568. The number of hydrogen-bond donors (Lipinski definition) is 1. The molecular weight excluding hydrogens is 320 g/mol. The van der Waals surface area contributed by atoms with Gasteiger partial charge in [-0.25, -0.2) is 0 Å². The van der Waals surface area contributed by atoms with Crippen LogP contribution in [0.5, 0.6) is 5.75 Å². The summed E-state index contributed by atoms with van der Waals surface area (Å²) in [7, 11) is 0. The highest BCUT2D eigenvalue weighted by Crippen LogP contribution is 2.19. The second kappa shape index (κ2) is 7.70. The Balaban J connectivity index is 1.34. The predicted molar refractivity (Wildman–Crippen MR) is 106 cm³/mol. The van der Waals surface area contributed by atoms with E-state index in [-0.39, 0.29) is 0 Å². The Labute approximate surface area is 153 Å². The number of pyridine rings is 1. The molecule has 0 saturated heterocycles. The molecule has 0 aliphatic heterocycles. The monoisotopic (exact) mass is 340 g/mol. The maximum Gasteiger partial charge on any atom is 0.119 e. The van der Waals surface area contributed by atoms with Crippen LogP contribution < -0.4 is 10.1 Å². The van der Waals surface area contributed by atoms with Crippen LogP contribution >= 0.6 is 0 Å². The van der Waals surface area contributed by atoms with E-state index in [1.165, 1.54) is 21.9 Å². The fraction of sp³-hybridized carbons (Fsp3) is 0.0870. The van der Waals surface area contributed by atoms with Crippen LogP contribution in [-0.2, 0) is 13.2 Å². The molecule has 0 unspecified atom stereocenters. The van der Waals surface area contributed by atoms with Gasteiger partial charge in [0.05, 0.1) is 5.69 Å². The first-order chi connectivity index (χ1) is 12.9. The first-order valence-electron chi connectivity index (χ1n) is 8.70. The third kappa shape index (κ3) is 4.01. The molecule has 26 heavy (non-hydrogen) atoms. The molecule has 0 aliphatic rings. The Bertz CT molecular complexity index is 982. The van der Waals surface area contributed by atoms with Gasteiger partial charge in [0.2, 0.25) is 0 Å². The van der Waals surface area contributed by atoms with E-state index in [2.05, 4.69) is 64.9 Å². The molecule has 3 aromatic carbocycles. The van der Waals surface area contributed by atoms with Gasteiger partial charge in [-0.1, -0.05) is 48.5 Å². The lowest BCUT2D eigenvalue weighted by Gasteiger charge is -2.09. The Kier molecular flexibility index (Phi) is 4.79. The van der Waals surface area contributed by atoms with Gasteiger partial charge in [0, 0.05) is 18.9 Å². The van der Waals surface area contributed by atoms with Crippen LogP contribution in [0.4, 0.5) is 5.69 Å². The lowest BCUT2D eigenvalue weighted by molar-refractivity contribution is 0.306. The zero-order valence-corrected chi connectivity index (χ0v) is 14.4. The first kappa shape index (κ1) is 16.2. The average molecular weight is 340 g/mol. The van der Waals surface area contributed by atoms with Crippen molar-refractivity contribution in [1.29, 1.82) is 0 Å². The van der Waals surface area contributed by atoms with Crippen LogP contribution in [0, 0.1) is 0 Å². The Morgan fingerprint density at radius 3 is 2.38 bits per heavy atom. The summed E-state index contributed by atoms with van der Waals surface area (Å²) in [5.74, 6) is 0.878. The molecule has 3 heteroatoms. The van der Waals surface area contributed by atoms with Crippen LogP contribution in [0.1, 0.15) is 11.1 Å². The van der Waals surface area contributed by atoms with Gasteiger partial charge >= 0.3 is 0 Å². The van der Waals surface area contributed by atoms with Gasteiger partial charge in [0.25, 0.3) is 0 Å². The zero-order valence-electron chi connectivity index (χ0n) is 14.4. The van der Waals surface area contributed by atoms with Crippen molar-refractivity contribution in [1.82, 2.24) is 4.98 Å². The summed E-state index contributed by atoms with van der Waals surface area (Å²) in [5, 5.41) is 5.84. The summed E-state index contributed by atoms with van der Waals surface area (Å²) in [6.45, 7) is 1.33. The minimum atomic E-state index is 0.568. The number of benzene rings is 3. The lowest BCUT2D eigenvalue weighted by Crippen LogP contribution is -2.00. The second-order valence-electron chi connectivity index (χ2n) is 6.21. The molecule has 0 bridgehead atoms. The van der Waals surface area contributed by atoms with Crippen molar-refractivity contribution in [2.24, 2.45) is 0 Å². The summed E-state index contributed by atoms with van der Waals surface area (Å²) < 4.78 is 5.93. The van der Waals surface area contributed by atoms with E-state index < -0.39 is 0 Å². The maximum absolute atomic E-state index is 5.93. The van der Waals surface area contributed by atoms with E-state index in [9.17, 15) is 0 Å². The molecule has 0 spiro atoms. The fourth-order valence-electron chi connectivity index (χ4n) is 2.87. The molecule has 3 nitrogen and oxygen atoms in total. The Morgan fingerprint density at radius 2 is 1.58 bits per heavy atom. The molecule has 128 valence electrons. The van der Waals surface area contributed by atoms with Crippen LogP contribution in [-0.4, -0.2) is 4.98 Å². The number of aromatic nitrogens is 1. The second-order valence-corrected chi connectivity index (χ2v) is 6.21. The van der Waals surface area contributed by atoms with E-state index >= 15 is 0 Å². The number of hydrogen-bond acceptors (Lipinski definition) is 3. The highest BCUT2D eigenvalue weighted by molar-refractivity contribution is 5.82. The molecule has 4 aromatic rings. The molecule has 0 amide bonds. The van der Waals surface area contributed by atoms with E-state index in [0.29, 0.717) is 6.61 Å². The summed E-state index contributed by atoms with van der Waals surface area (Å²) in [6, 6.07) is 26.9. The van der Waals surface area contributed by atoms with Crippen LogP contribution in [0.3, 0.4) is 0 Å². The summed E-state index contributed by atoms with van der Waals surface area (Å²) >= 11 is 0. The number of anilines is 1. The molecule has 0 radical (unpaired) electrons. The van der Waals surface area contributed by atoms with Gasteiger partial charge in [0.1, 0.15) is 12.4 Å². The standard InChI is InChI=1S/C23H20N2O/c1-2-5-21-14-19(7-10-20(21)4-1)17-26-23-11-8-18(9-12-23)15-25-22-6-3-13-24-16-22/h1-14,16,25H,15,17H2. The van der Waals surface area contributed by atoms with Crippen molar-refractivity contribution in [3.8, 4) is 5.75 Å². The van der Waals surface area contributed by atoms with E-state index in [1.54, 1.807) is 6.20 Å². The van der Waals surface area contributed by atoms with Crippen molar-refractivity contribution >= 4 is 16.5 Å². The topological polar surface area (TPSA) is 34.2 Å². The summed E-state index contributed by atoms with van der Waals surface area (Å²) in [6.07, 6.45) is 3.59. The Morgan fingerprint density at radius 1 is 0.769 bits per heavy atom. The van der Waals surface area contributed by atoms with Gasteiger partial charge in [-0.2, -0.15) is 0 Å². The predicted octanol–water partition coefficient (Wildman–Crippen LogP) is 5.43. The van der Waals surface area contributed by atoms with Gasteiger partial charge in [0.15, 0.2) is 0 Å². The first-order valence-corrected chi connectivity index (χ1v) is 8.70. The SMILES string of the molecule is c1cncc(NCc2ccc(OCc3ccc4ccccc4c3)cc2)c1. The summed E-state index contributed by atoms with van der Waals surface area (Å²) in [5.41, 5.74) is 3.39. The number of nitrogens with zero attached hydrogens (tertiary/aromatic N) is 1. The van der Waals surface area contributed by atoms with E-state index in [1.807, 2.05) is 30.5 Å². The largest absolute Gasteiger partial charge is 0.489 e. The van der Waals surface area contributed by atoms with Crippen LogP contribution in [0.25, 0.3) is 10.8 Å². The Hall–Kier alpha value is -3.33. The molecule has 4 rings (SSSR count). The van der Waals surface area contributed by atoms with Crippen molar-refractivity contribution in [3.05, 3.63) is 102 Å². The average Bonchev–Trinajstić information content (AvgIpc) is 2.72. The molecule has 1 N–H and O–H groups in total. The molecular formula is C23H20N2O. The van der Waals surface area contributed by atoms with E-state index in [0.717, 1.165) is 18.0 Å². The molecule has 0 atom stereocenters. The highest BCUT2D eigenvalue weighted by Gasteiger charge is 2.00. The fourth-order valence-corrected chi connectivity index (χ4v) is 2.87. The van der Waals surface area contributed by atoms with Crippen LogP contribution in [0.2, 0.25) is 0 Å². The van der Waals surface area contributed by atoms with Crippen molar-refractivity contribution in [2.75, 3.05) is 5.32 Å².